The Bertz CT molecular complexity index is 452. The highest BCUT2D eigenvalue weighted by Crippen LogP contribution is 2.57. The molecule has 3 heteroatoms. The Hall–Kier alpha value is -0.730. The first-order valence-corrected chi connectivity index (χ1v) is 7.67. The number of nitrogens with one attached hydrogen (secondary N) is 1. The predicted molar refractivity (Wildman–Crippen MR) is 78.7 cm³/mol. The summed E-state index contributed by atoms with van der Waals surface area (Å²) >= 11 is 6.44. The minimum absolute atomic E-state index is 0.399. The summed E-state index contributed by atoms with van der Waals surface area (Å²) in [5.74, 6) is 3.58. The highest BCUT2D eigenvalue weighted by Gasteiger charge is 2.48. The molecular formula is C16H22ClNO. The van der Waals surface area contributed by atoms with Gasteiger partial charge in [-0.25, -0.2) is 0 Å². The fourth-order valence-electron chi connectivity index (χ4n) is 3.67. The molecule has 3 rings (SSSR count). The van der Waals surface area contributed by atoms with Gasteiger partial charge in [-0.1, -0.05) is 24.6 Å². The molecule has 0 heterocycles. The number of methoxy groups -OCH3 is 1. The molecule has 3 unspecified atom stereocenters. The average Bonchev–Trinajstić information content (AvgIpc) is 3.03. The van der Waals surface area contributed by atoms with Crippen LogP contribution < -0.4 is 10.1 Å². The lowest BCUT2D eigenvalue weighted by Gasteiger charge is -2.27. The Labute approximate surface area is 120 Å². The number of hydrogen-bond acceptors (Lipinski definition) is 2. The zero-order valence-electron chi connectivity index (χ0n) is 11.7. The van der Waals surface area contributed by atoms with E-state index in [2.05, 4.69) is 18.3 Å². The van der Waals surface area contributed by atoms with E-state index in [0.717, 1.165) is 35.1 Å². The van der Waals surface area contributed by atoms with Crippen LogP contribution in [0.5, 0.6) is 5.75 Å². The van der Waals surface area contributed by atoms with E-state index >= 15 is 0 Å². The van der Waals surface area contributed by atoms with Crippen molar-refractivity contribution in [2.75, 3.05) is 13.7 Å². The Kier molecular flexibility index (Phi) is 3.72. The van der Waals surface area contributed by atoms with Crippen molar-refractivity contribution in [2.45, 2.75) is 32.2 Å². The van der Waals surface area contributed by atoms with E-state index in [9.17, 15) is 0 Å². The van der Waals surface area contributed by atoms with Crippen LogP contribution >= 0.6 is 11.6 Å². The second-order valence-electron chi connectivity index (χ2n) is 5.91. The summed E-state index contributed by atoms with van der Waals surface area (Å²) in [5.41, 5.74) is 1.23. The Balaban J connectivity index is 1.82. The molecule has 0 radical (unpaired) electrons. The summed E-state index contributed by atoms with van der Waals surface area (Å²) in [6.07, 6.45) is 4.20. The molecule has 1 N–H and O–H groups in total. The quantitative estimate of drug-likeness (QED) is 0.878. The van der Waals surface area contributed by atoms with Gasteiger partial charge in [0.2, 0.25) is 0 Å². The van der Waals surface area contributed by atoms with E-state index in [1.807, 2.05) is 12.1 Å². The zero-order chi connectivity index (χ0) is 13.4. The second-order valence-corrected chi connectivity index (χ2v) is 6.32. The van der Waals surface area contributed by atoms with Crippen LogP contribution in [0.3, 0.4) is 0 Å². The zero-order valence-corrected chi connectivity index (χ0v) is 12.4. The van der Waals surface area contributed by atoms with Crippen LogP contribution in [0.4, 0.5) is 0 Å². The highest BCUT2D eigenvalue weighted by molar-refractivity contribution is 6.31. The van der Waals surface area contributed by atoms with Crippen molar-refractivity contribution in [3.05, 3.63) is 28.8 Å². The monoisotopic (exact) mass is 279 g/mol. The minimum atomic E-state index is 0.399. The maximum Gasteiger partial charge on any atom is 0.120 e. The molecule has 0 spiro atoms. The molecule has 104 valence electrons. The van der Waals surface area contributed by atoms with E-state index in [1.165, 1.54) is 24.8 Å². The Morgan fingerprint density at radius 3 is 2.63 bits per heavy atom. The molecule has 0 aliphatic heterocycles. The van der Waals surface area contributed by atoms with Crippen LogP contribution in [-0.2, 0) is 0 Å². The fourth-order valence-corrected chi connectivity index (χ4v) is 3.96. The topological polar surface area (TPSA) is 21.3 Å². The lowest BCUT2D eigenvalue weighted by molar-refractivity contribution is 0.346. The molecule has 2 aliphatic rings. The minimum Gasteiger partial charge on any atom is -0.497 e. The molecule has 0 aromatic heterocycles. The summed E-state index contributed by atoms with van der Waals surface area (Å²) in [7, 11) is 1.68. The molecule has 2 saturated carbocycles. The van der Waals surface area contributed by atoms with Crippen molar-refractivity contribution in [3.8, 4) is 5.75 Å². The molecule has 3 atom stereocenters. The van der Waals surface area contributed by atoms with Crippen molar-refractivity contribution in [3.63, 3.8) is 0 Å². The summed E-state index contributed by atoms with van der Waals surface area (Å²) < 4.78 is 5.23. The van der Waals surface area contributed by atoms with E-state index in [-0.39, 0.29) is 0 Å². The van der Waals surface area contributed by atoms with Gasteiger partial charge in [0.05, 0.1) is 7.11 Å². The number of ether oxygens (including phenoxy) is 1. The lowest BCUT2D eigenvalue weighted by Crippen LogP contribution is -2.28. The van der Waals surface area contributed by atoms with Gasteiger partial charge in [-0.15, -0.1) is 0 Å². The first kappa shape index (κ1) is 13.3. The molecule has 0 bridgehead atoms. The van der Waals surface area contributed by atoms with Crippen LogP contribution in [0.1, 0.15) is 37.8 Å². The third-order valence-electron chi connectivity index (χ3n) is 4.72. The van der Waals surface area contributed by atoms with Crippen LogP contribution in [-0.4, -0.2) is 13.7 Å². The summed E-state index contributed by atoms with van der Waals surface area (Å²) in [5, 5.41) is 4.46. The van der Waals surface area contributed by atoms with Gasteiger partial charge in [-0.2, -0.15) is 0 Å². The average molecular weight is 280 g/mol. The summed E-state index contributed by atoms with van der Waals surface area (Å²) in [6, 6.07) is 6.47. The maximum atomic E-state index is 6.44. The number of fused-ring (bicyclic) bond motifs is 1. The Morgan fingerprint density at radius 2 is 2.05 bits per heavy atom. The summed E-state index contributed by atoms with van der Waals surface area (Å²) in [6.45, 7) is 3.15. The number of hydrogen-bond donors (Lipinski definition) is 1. The van der Waals surface area contributed by atoms with Crippen molar-refractivity contribution < 1.29 is 4.74 Å². The molecular weight excluding hydrogens is 258 g/mol. The van der Waals surface area contributed by atoms with Gasteiger partial charge in [0.15, 0.2) is 0 Å². The second kappa shape index (κ2) is 5.34. The molecule has 2 aliphatic carbocycles. The van der Waals surface area contributed by atoms with Crippen molar-refractivity contribution in [1.82, 2.24) is 5.32 Å². The maximum absolute atomic E-state index is 6.44. The van der Waals surface area contributed by atoms with Gasteiger partial charge in [-0.05, 0) is 61.3 Å². The number of benzene rings is 1. The SMILES string of the molecule is CCNC(c1ccc(OC)cc1Cl)C1CC2CC2C1. The molecule has 1 aromatic carbocycles. The van der Waals surface area contributed by atoms with Gasteiger partial charge in [0, 0.05) is 11.1 Å². The normalized spacial score (nSPS) is 29.9. The third-order valence-corrected chi connectivity index (χ3v) is 5.05. The number of rotatable bonds is 5. The number of halogens is 1. The first-order valence-electron chi connectivity index (χ1n) is 7.29. The highest BCUT2D eigenvalue weighted by atomic mass is 35.5. The summed E-state index contributed by atoms with van der Waals surface area (Å²) in [4.78, 5) is 0. The van der Waals surface area contributed by atoms with Gasteiger partial charge in [0.1, 0.15) is 5.75 Å². The first-order chi connectivity index (χ1) is 9.22. The van der Waals surface area contributed by atoms with Crippen LogP contribution in [0.25, 0.3) is 0 Å². The predicted octanol–water partition coefficient (Wildman–Crippen LogP) is 4.05. The van der Waals surface area contributed by atoms with Crippen molar-refractivity contribution in [2.24, 2.45) is 17.8 Å². The molecule has 1 aromatic rings. The molecule has 0 saturated heterocycles. The lowest BCUT2D eigenvalue weighted by atomic mass is 9.89. The third kappa shape index (κ3) is 2.61. The van der Waals surface area contributed by atoms with E-state index in [4.69, 9.17) is 16.3 Å². The van der Waals surface area contributed by atoms with Gasteiger partial charge in [0.25, 0.3) is 0 Å². The Morgan fingerprint density at radius 1 is 1.32 bits per heavy atom. The van der Waals surface area contributed by atoms with Crippen LogP contribution in [0, 0.1) is 17.8 Å². The molecule has 0 amide bonds. The molecule has 19 heavy (non-hydrogen) atoms. The molecule has 2 nitrogen and oxygen atoms in total. The smallest absolute Gasteiger partial charge is 0.120 e. The van der Waals surface area contributed by atoms with Gasteiger partial charge < -0.3 is 10.1 Å². The van der Waals surface area contributed by atoms with Crippen molar-refractivity contribution in [1.29, 1.82) is 0 Å². The van der Waals surface area contributed by atoms with E-state index in [1.54, 1.807) is 7.11 Å². The van der Waals surface area contributed by atoms with Gasteiger partial charge in [-0.3, -0.25) is 0 Å². The van der Waals surface area contributed by atoms with E-state index < -0.39 is 0 Å². The van der Waals surface area contributed by atoms with Crippen LogP contribution in [0.15, 0.2) is 18.2 Å². The largest absolute Gasteiger partial charge is 0.497 e. The van der Waals surface area contributed by atoms with Crippen LogP contribution in [0.2, 0.25) is 5.02 Å². The molecule has 2 fully saturated rings. The fraction of sp³-hybridized carbons (Fsp3) is 0.625. The van der Waals surface area contributed by atoms with E-state index in [0.29, 0.717) is 6.04 Å². The van der Waals surface area contributed by atoms with Crippen molar-refractivity contribution >= 4 is 11.6 Å². The standard InChI is InChI=1S/C16H22ClNO/c1-3-18-16(12-7-10-6-11(10)8-12)14-5-4-13(19-2)9-15(14)17/h4-5,9-12,16,18H,3,6-8H2,1-2H3. The van der Waals surface area contributed by atoms with Gasteiger partial charge >= 0.3 is 0 Å².